The number of Topliss-reactive ketones (excluding diaryl/α,β-unsaturated/α-hetero) is 1. The Balaban J connectivity index is 1.40. The Hall–Kier alpha value is -2.21. The van der Waals surface area contributed by atoms with Crippen LogP contribution in [0.4, 0.5) is 17.6 Å². The zero-order valence-electron chi connectivity index (χ0n) is 21.9. The quantitative estimate of drug-likeness (QED) is 0.508. The highest BCUT2D eigenvalue weighted by molar-refractivity contribution is 5.91. The number of alkyl halides is 4. The van der Waals surface area contributed by atoms with Crippen LogP contribution in [0.2, 0.25) is 0 Å². The Labute approximate surface area is 220 Å². The number of carbonyl (C=O) groups excluding carboxylic acids is 1. The van der Waals surface area contributed by atoms with Crippen LogP contribution in [0.1, 0.15) is 46.0 Å². The predicted octanol–water partition coefficient (Wildman–Crippen LogP) is 2.40. The third-order valence-corrected chi connectivity index (χ3v) is 9.12. The number of likely N-dealkylation sites (tertiary alicyclic amines) is 2. The summed E-state index contributed by atoms with van der Waals surface area (Å²) >= 11 is 0. The van der Waals surface area contributed by atoms with Crippen LogP contribution >= 0.6 is 0 Å². The Morgan fingerprint density at radius 1 is 0.763 bits per heavy atom. The van der Waals surface area contributed by atoms with Gasteiger partial charge < -0.3 is 19.8 Å². The van der Waals surface area contributed by atoms with Gasteiger partial charge in [-0.1, -0.05) is 0 Å². The molecule has 7 nitrogen and oxygen atoms in total. The van der Waals surface area contributed by atoms with Gasteiger partial charge in [-0.25, -0.2) is 17.6 Å². The molecule has 2 N–H and O–H groups in total. The van der Waals surface area contributed by atoms with Crippen molar-refractivity contribution in [2.75, 3.05) is 39.3 Å². The monoisotopic (exact) mass is 536 g/mol. The molecule has 38 heavy (non-hydrogen) atoms. The first kappa shape index (κ1) is 26.0. The zero-order chi connectivity index (χ0) is 26.7. The fourth-order valence-electron chi connectivity index (χ4n) is 6.75. The molecular formula is C27H36F4N6O. The summed E-state index contributed by atoms with van der Waals surface area (Å²) in [5.41, 5.74) is 6.15. The van der Waals surface area contributed by atoms with Crippen LogP contribution in [0.15, 0.2) is 12.1 Å². The largest absolute Gasteiger partial charge is 0.348 e. The van der Waals surface area contributed by atoms with Gasteiger partial charge in [0.15, 0.2) is 5.78 Å². The molecule has 2 aromatic rings. The summed E-state index contributed by atoms with van der Waals surface area (Å²) < 4.78 is 58.0. The number of nitrogens with one attached hydrogen (secondary N) is 2. The number of fused-ring (bicyclic) bond motifs is 2. The van der Waals surface area contributed by atoms with E-state index in [9.17, 15) is 22.4 Å². The van der Waals surface area contributed by atoms with Crippen LogP contribution in [0.25, 0.3) is 0 Å². The van der Waals surface area contributed by atoms with Gasteiger partial charge >= 0.3 is 0 Å². The van der Waals surface area contributed by atoms with Gasteiger partial charge in [0.2, 0.25) is 12.9 Å². The van der Waals surface area contributed by atoms with E-state index in [1.807, 2.05) is 33.0 Å². The second-order valence-corrected chi connectivity index (χ2v) is 11.4. The van der Waals surface area contributed by atoms with Crippen LogP contribution in [-0.2, 0) is 44.8 Å². The van der Waals surface area contributed by atoms with Gasteiger partial charge in [0.1, 0.15) is 12.1 Å². The molecule has 2 aromatic heterocycles. The molecule has 208 valence electrons. The summed E-state index contributed by atoms with van der Waals surface area (Å²) in [5.74, 6) is -1.65. The molecule has 0 spiro atoms. The highest BCUT2D eigenvalue weighted by Gasteiger charge is 2.49. The number of carbonyl (C=O) groups is 1. The molecule has 0 aromatic carbocycles. The third kappa shape index (κ3) is 4.31. The van der Waals surface area contributed by atoms with Crippen molar-refractivity contribution in [1.29, 1.82) is 0 Å². The average Bonchev–Trinajstić information content (AvgIpc) is 3.34. The van der Waals surface area contributed by atoms with Crippen LogP contribution in [0.5, 0.6) is 0 Å². The molecule has 0 radical (unpaired) electrons. The number of hydrogen-bond acceptors (Lipinski definition) is 5. The molecule has 2 unspecified atom stereocenters. The van der Waals surface area contributed by atoms with Crippen LogP contribution in [-0.4, -0.2) is 76.8 Å². The lowest BCUT2D eigenvalue weighted by molar-refractivity contribution is -0.142. The SMILES string of the molecule is Cn1c(C(C(=O)C(c2cc3c(n2C)CNCC3)N2CC(C(F)F)C2)N2CC(C(F)F)C2)cc2c1CNCC2. The van der Waals surface area contributed by atoms with E-state index in [1.54, 1.807) is 0 Å². The van der Waals surface area contributed by atoms with E-state index in [2.05, 4.69) is 22.8 Å². The van der Waals surface area contributed by atoms with Crippen molar-refractivity contribution in [1.82, 2.24) is 29.6 Å². The van der Waals surface area contributed by atoms with Gasteiger partial charge in [-0.2, -0.15) is 0 Å². The van der Waals surface area contributed by atoms with E-state index >= 15 is 0 Å². The molecule has 6 heterocycles. The lowest BCUT2D eigenvalue weighted by atomic mass is 9.88. The Morgan fingerprint density at radius 3 is 1.50 bits per heavy atom. The lowest BCUT2D eigenvalue weighted by Gasteiger charge is -2.48. The lowest BCUT2D eigenvalue weighted by Crippen LogP contribution is -2.58. The van der Waals surface area contributed by atoms with E-state index in [0.29, 0.717) is 13.1 Å². The van der Waals surface area contributed by atoms with Gasteiger partial charge in [0.25, 0.3) is 0 Å². The van der Waals surface area contributed by atoms with Crippen LogP contribution in [0, 0.1) is 11.8 Å². The van der Waals surface area contributed by atoms with Crippen molar-refractivity contribution >= 4 is 5.78 Å². The first-order valence-electron chi connectivity index (χ1n) is 13.6. The minimum atomic E-state index is -2.43. The summed E-state index contributed by atoms with van der Waals surface area (Å²) in [7, 11) is 3.87. The van der Waals surface area contributed by atoms with E-state index in [1.165, 1.54) is 11.1 Å². The number of nitrogens with zero attached hydrogens (tertiary/aromatic N) is 4. The van der Waals surface area contributed by atoms with Crippen molar-refractivity contribution in [3.05, 3.63) is 46.0 Å². The molecule has 2 fully saturated rings. The molecule has 4 aliphatic rings. The third-order valence-electron chi connectivity index (χ3n) is 9.12. The van der Waals surface area contributed by atoms with Crippen molar-refractivity contribution in [3.63, 3.8) is 0 Å². The van der Waals surface area contributed by atoms with Crippen molar-refractivity contribution in [2.45, 2.75) is 50.9 Å². The Bertz CT molecular complexity index is 1110. The molecule has 0 saturated carbocycles. The predicted molar refractivity (Wildman–Crippen MR) is 134 cm³/mol. The van der Waals surface area contributed by atoms with Gasteiger partial charge in [0, 0.05) is 88.0 Å². The molecule has 2 atom stereocenters. The van der Waals surface area contributed by atoms with Crippen LogP contribution < -0.4 is 10.6 Å². The first-order chi connectivity index (χ1) is 18.2. The number of aromatic nitrogens is 2. The molecule has 11 heteroatoms. The molecule has 0 aliphatic carbocycles. The summed E-state index contributed by atoms with van der Waals surface area (Å²) in [6, 6.07) is 2.68. The van der Waals surface area contributed by atoms with E-state index < -0.39 is 36.8 Å². The van der Waals surface area contributed by atoms with Crippen molar-refractivity contribution < 1.29 is 22.4 Å². The van der Waals surface area contributed by atoms with E-state index in [4.69, 9.17) is 0 Å². The maximum absolute atomic E-state index is 14.7. The average molecular weight is 537 g/mol. The minimum Gasteiger partial charge on any atom is -0.348 e. The highest BCUT2D eigenvalue weighted by atomic mass is 19.3. The Kier molecular flexibility index (Phi) is 6.90. The molecule has 0 bridgehead atoms. The standard InChI is InChI=1S/C27H36F4N6O/c1-34-19(7-15-3-5-32-9-21(15)34)23(36-11-17(12-36)26(28)29)25(38)24(37-13-18(14-37)27(30)31)20-8-16-4-6-33-10-22(16)35(20)2/h7-8,17-18,23-24,26-27,32-33H,3-6,9-14H2,1-2H3. The molecule has 0 amide bonds. The molecule has 2 saturated heterocycles. The minimum absolute atomic E-state index is 0.123. The summed E-state index contributed by atoms with van der Waals surface area (Å²) in [6.07, 6.45) is -3.18. The summed E-state index contributed by atoms with van der Waals surface area (Å²) in [4.78, 5) is 18.4. The summed E-state index contributed by atoms with van der Waals surface area (Å²) in [6.45, 7) is 3.64. The maximum atomic E-state index is 14.7. The maximum Gasteiger partial charge on any atom is 0.243 e. The van der Waals surface area contributed by atoms with Gasteiger partial charge in [-0.15, -0.1) is 0 Å². The van der Waals surface area contributed by atoms with Crippen molar-refractivity contribution in [3.8, 4) is 0 Å². The number of halogens is 4. The number of rotatable bonds is 8. The summed E-state index contributed by atoms with van der Waals surface area (Å²) in [5, 5.41) is 6.74. The fraction of sp³-hybridized carbons (Fsp3) is 0.667. The molecule has 4 aliphatic heterocycles. The van der Waals surface area contributed by atoms with Crippen molar-refractivity contribution in [2.24, 2.45) is 25.9 Å². The van der Waals surface area contributed by atoms with Gasteiger partial charge in [-0.05, 0) is 49.2 Å². The van der Waals surface area contributed by atoms with Gasteiger partial charge in [-0.3, -0.25) is 14.6 Å². The highest BCUT2D eigenvalue weighted by Crippen LogP contribution is 2.42. The number of ketones is 1. The zero-order valence-corrected chi connectivity index (χ0v) is 21.9. The molecular weight excluding hydrogens is 500 g/mol. The van der Waals surface area contributed by atoms with E-state index in [-0.39, 0.29) is 32.0 Å². The van der Waals surface area contributed by atoms with E-state index in [0.717, 1.165) is 48.7 Å². The molecule has 6 rings (SSSR count). The smallest absolute Gasteiger partial charge is 0.243 e. The topological polar surface area (TPSA) is 57.5 Å². The fourth-order valence-corrected chi connectivity index (χ4v) is 6.75. The first-order valence-corrected chi connectivity index (χ1v) is 13.6. The van der Waals surface area contributed by atoms with Gasteiger partial charge in [0.05, 0.1) is 0 Å². The normalized spacial score (nSPS) is 22.7. The number of hydrogen-bond donors (Lipinski definition) is 2. The Morgan fingerprint density at radius 2 is 1.16 bits per heavy atom. The second kappa shape index (κ2) is 10.1. The second-order valence-electron chi connectivity index (χ2n) is 11.4. The van der Waals surface area contributed by atoms with Crippen LogP contribution in [0.3, 0.4) is 0 Å².